The van der Waals surface area contributed by atoms with E-state index in [-0.39, 0.29) is 17.9 Å². The summed E-state index contributed by atoms with van der Waals surface area (Å²) in [5.41, 5.74) is 1.53. The fourth-order valence-corrected chi connectivity index (χ4v) is 4.07. The van der Waals surface area contributed by atoms with Crippen molar-refractivity contribution < 1.29 is 4.79 Å². The van der Waals surface area contributed by atoms with E-state index in [1.54, 1.807) is 4.57 Å². The third kappa shape index (κ3) is 3.43. The molecular weight excluding hydrogens is 374 g/mol. The van der Waals surface area contributed by atoms with Crippen molar-refractivity contribution in [2.75, 3.05) is 5.32 Å². The zero-order valence-corrected chi connectivity index (χ0v) is 16.6. The largest absolute Gasteiger partial charge is 0.326 e. The summed E-state index contributed by atoms with van der Waals surface area (Å²) in [7, 11) is 0. The lowest BCUT2D eigenvalue weighted by molar-refractivity contribution is -0.116. The zero-order chi connectivity index (χ0) is 19.7. The predicted octanol–water partition coefficient (Wildman–Crippen LogP) is 3.33. The maximum absolute atomic E-state index is 12.8. The van der Waals surface area contributed by atoms with Crippen LogP contribution in [0.4, 0.5) is 5.69 Å². The Morgan fingerprint density at radius 1 is 1.18 bits per heavy atom. The van der Waals surface area contributed by atoms with Gasteiger partial charge >= 0.3 is 0 Å². The number of nitrogens with one attached hydrogen (secondary N) is 1. The maximum Gasteiger partial charge on any atom is 0.272 e. The van der Waals surface area contributed by atoms with E-state index in [1.165, 1.54) is 11.3 Å². The summed E-state index contributed by atoms with van der Waals surface area (Å²) in [4.78, 5) is 25.1. The number of nitrogens with zero attached hydrogens (tertiary/aromatic N) is 4. The lowest BCUT2D eigenvalue weighted by Crippen LogP contribution is -2.24. The van der Waals surface area contributed by atoms with Crippen LogP contribution in [-0.2, 0) is 17.8 Å². The van der Waals surface area contributed by atoms with Crippen LogP contribution >= 0.6 is 11.3 Å². The molecule has 0 saturated heterocycles. The maximum atomic E-state index is 12.8. The van der Waals surface area contributed by atoms with E-state index in [0.29, 0.717) is 35.2 Å². The Morgan fingerprint density at radius 3 is 2.71 bits per heavy atom. The second kappa shape index (κ2) is 7.55. The molecule has 4 rings (SSSR count). The fourth-order valence-electron chi connectivity index (χ4n) is 3.24. The van der Waals surface area contributed by atoms with E-state index in [2.05, 4.69) is 29.4 Å². The third-order valence-corrected chi connectivity index (χ3v) is 5.35. The van der Waals surface area contributed by atoms with Crippen molar-refractivity contribution in [3.8, 4) is 0 Å². The topological polar surface area (TPSA) is 81.3 Å². The number of amides is 1. The Bertz CT molecular complexity index is 1190. The highest BCUT2D eigenvalue weighted by Gasteiger charge is 2.18. The minimum absolute atomic E-state index is 0.0352. The summed E-state index contributed by atoms with van der Waals surface area (Å²) in [6.45, 7) is 4.70. The first-order valence-corrected chi connectivity index (χ1v) is 10.1. The van der Waals surface area contributed by atoms with Gasteiger partial charge in [-0.25, -0.2) is 0 Å². The van der Waals surface area contributed by atoms with Gasteiger partial charge in [-0.05, 0) is 29.5 Å². The molecule has 0 saturated carbocycles. The molecule has 28 heavy (non-hydrogen) atoms. The number of aromatic nitrogens is 4. The third-order valence-electron chi connectivity index (χ3n) is 4.46. The minimum Gasteiger partial charge on any atom is -0.326 e. The molecule has 0 atom stereocenters. The summed E-state index contributed by atoms with van der Waals surface area (Å²) < 4.78 is 4.28. The smallest absolute Gasteiger partial charge is 0.272 e. The molecule has 0 bridgehead atoms. The van der Waals surface area contributed by atoms with Crippen LogP contribution in [0, 0.1) is 5.92 Å². The molecular formula is C20H21N5O2S. The molecule has 144 valence electrons. The average molecular weight is 395 g/mol. The van der Waals surface area contributed by atoms with Crippen molar-refractivity contribution >= 4 is 38.9 Å². The van der Waals surface area contributed by atoms with Crippen molar-refractivity contribution in [1.82, 2.24) is 19.2 Å². The zero-order valence-electron chi connectivity index (χ0n) is 15.8. The summed E-state index contributed by atoms with van der Waals surface area (Å²) >= 11 is 1.42. The standard InChI is InChI=1S/C20H21N5O2S/c1-13(2)12-24-19(27)18-15(10-11-28-18)25-16(22-23-20(24)25)8-9-17(26)21-14-6-4-3-5-7-14/h3-7,10-11,13H,8-9,12H2,1-2H3,(H,21,26). The predicted molar refractivity (Wildman–Crippen MR) is 111 cm³/mol. The van der Waals surface area contributed by atoms with E-state index < -0.39 is 0 Å². The Labute approximate surface area is 165 Å². The second-order valence-electron chi connectivity index (χ2n) is 7.11. The van der Waals surface area contributed by atoms with Gasteiger partial charge in [-0.3, -0.25) is 18.6 Å². The number of fused-ring (bicyclic) bond motifs is 3. The number of hydrogen-bond acceptors (Lipinski definition) is 5. The molecule has 3 aromatic heterocycles. The molecule has 3 heterocycles. The van der Waals surface area contributed by atoms with Gasteiger partial charge in [0.1, 0.15) is 10.5 Å². The molecule has 0 aliphatic rings. The molecule has 0 aliphatic carbocycles. The van der Waals surface area contributed by atoms with Gasteiger partial charge in [0.2, 0.25) is 11.7 Å². The normalized spacial score (nSPS) is 11.5. The number of benzene rings is 1. The van der Waals surface area contributed by atoms with Gasteiger partial charge in [-0.2, -0.15) is 0 Å². The van der Waals surface area contributed by atoms with Gasteiger partial charge in [-0.15, -0.1) is 21.5 Å². The van der Waals surface area contributed by atoms with Crippen molar-refractivity contribution in [2.45, 2.75) is 33.2 Å². The van der Waals surface area contributed by atoms with Crippen LogP contribution in [0.3, 0.4) is 0 Å². The van der Waals surface area contributed by atoms with E-state index >= 15 is 0 Å². The molecule has 4 aromatic rings. The molecule has 0 radical (unpaired) electrons. The molecule has 1 amide bonds. The number of thiophene rings is 1. The quantitative estimate of drug-likeness (QED) is 0.543. The lowest BCUT2D eigenvalue weighted by atomic mass is 10.2. The summed E-state index contributed by atoms with van der Waals surface area (Å²) in [6, 6.07) is 11.3. The number of aryl methyl sites for hydroxylation is 1. The lowest BCUT2D eigenvalue weighted by Gasteiger charge is -2.11. The molecule has 8 heteroatoms. The molecule has 0 aliphatic heterocycles. The van der Waals surface area contributed by atoms with E-state index in [9.17, 15) is 9.59 Å². The van der Waals surface area contributed by atoms with Gasteiger partial charge in [0.15, 0.2) is 0 Å². The number of carbonyl (C=O) groups is 1. The van der Waals surface area contributed by atoms with Crippen LogP contribution in [0.1, 0.15) is 26.1 Å². The van der Waals surface area contributed by atoms with Crippen LogP contribution in [-0.4, -0.2) is 25.1 Å². The minimum atomic E-state index is -0.0833. The molecule has 1 aromatic carbocycles. The van der Waals surface area contributed by atoms with Crippen LogP contribution in [0.15, 0.2) is 46.6 Å². The highest BCUT2D eigenvalue weighted by molar-refractivity contribution is 7.17. The summed E-state index contributed by atoms with van der Waals surface area (Å²) in [5, 5.41) is 13.3. The Kier molecular flexibility index (Phi) is 4.95. The Morgan fingerprint density at radius 2 is 1.96 bits per heavy atom. The molecule has 0 spiro atoms. The second-order valence-corrected chi connectivity index (χ2v) is 8.03. The molecule has 1 N–H and O–H groups in total. The Balaban J connectivity index is 1.66. The van der Waals surface area contributed by atoms with Crippen LogP contribution in [0.2, 0.25) is 0 Å². The van der Waals surface area contributed by atoms with Crippen molar-refractivity contribution in [3.63, 3.8) is 0 Å². The Hall–Kier alpha value is -3.00. The first kappa shape index (κ1) is 18.4. The summed E-state index contributed by atoms with van der Waals surface area (Å²) in [5.74, 6) is 1.43. The highest BCUT2D eigenvalue weighted by Crippen LogP contribution is 2.21. The van der Waals surface area contributed by atoms with Crippen LogP contribution < -0.4 is 10.9 Å². The van der Waals surface area contributed by atoms with E-state index in [0.717, 1.165) is 11.2 Å². The number of hydrogen-bond donors (Lipinski definition) is 1. The van der Waals surface area contributed by atoms with Gasteiger partial charge in [0.05, 0.1) is 5.52 Å². The van der Waals surface area contributed by atoms with Crippen LogP contribution in [0.5, 0.6) is 0 Å². The average Bonchev–Trinajstić information content (AvgIpc) is 3.31. The first-order valence-electron chi connectivity index (χ1n) is 9.23. The molecule has 0 unspecified atom stereocenters. The van der Waals surface area contributed by atoms with E-state index in [4.69, 9.17) is 0 Å². The van der Waals surface area contributed by atoms with E-state index in [1.807, 2.05) is 46.2 Å². The SMILES string of the molecule is CC(C)Cn1c(=O)c2sccc2n2c(CCC(=O)Nc3ccccc3)nnc12. The van der Waals surface area contributed by atoms with Gasteiger partial charge in [0.25, 0.3) is 5.56 Å². The van der Waals surface area contributed by atoms with Crippen LogP contribution in [0.25, 0.3) is 16.0 Å². The van der Waals surface area contributed by atoms with Gasteiger partial charge in [-0.1, -0.05) is 32.0 Å². The van der Waals surface area contributed by atoms with Crippen molar-refractivity contribution in [1.29, 1.82) is 0 Å². The number of carbonyl (C=O) groups excluding carboxylic acids is 1. The molecule has 0 fully saturated rings. The van der Waals surface area contributed by atoms with Gasteiger partial charge < -0.3 is 5.32 Å². The number of rotatable bonds is 6. The molecule has 7 nitrogen and oxygen atoms in total. The van der Waals surface area contributed by atoms with Crippen molar-refractivity contribution in [3.05, 3.63) is 58.0 Å². The van der Waals surface area contributed by atoms with Crippen molar-refractivity contribution in [2.24, 2.45) is 5.92 Å². The summed E-state index contributed by atoms with van der Waals surface area (Å²) in [6.07, 6.45) is 0.718. The highest BCUT2D eigenvalue weighted by atomic mass is 32.1. The number of anilines is 1. The van der Waals surface area contributed by atoms with Gasteiger partial charge in [0, 0.05) is 25.1 Å². The fraction of sp³-hybridized carbons (Fsp3) is 0.300. The monoisotopic (exact) mass is 395 g/mol. The first-order chi connectivity index (χ1) is 13.5. The number of para-hydroxylation sites is 1.